The van der Waals surface area contributed by atoms with Gasteiger partial charge in [-0.1, -0.05) is 0 Å². The molecule has 0 fully saturated rings. The molecule has 0 aromatic heterocycles. The highest BCUT2D eigenvalue weighted by Crippen LogP contribution is 2.20. The van der Waals surface area contributed by atoms with Crippen LogP contribution >= 0.6 is 0 Å². The van der Waals surface area contributed by atoms with Crippen molar-refractivity contribution in [2.24, 2.45) is 5.41 Å². The van der Waals surface area contributed by atoms with Gasteiger partial charge in [-0.05, 0) is 44.5 Å². The first-order valence-corrected chi connectivity index (χ1v) is 7.73. The van der Waals surface area contributed by atoms with Gasteiger partial charge in [0.05, 0.1) is 0 Å². The van der Waals surface area contributed by atoms with Crippen LogP contribution in [0.25, 0.3) is 0 Å². The average molecular weight is 335 g/mol. The molecule has 0 aliphatic carbocycles. The Hall–Kier alpha value is -2.41. The molecule has 0 spiro atoms. The zero-order valence-electron chi connectivity index (χ0n) is 14.6. The van der Waals surface area contributed by atoms with Crippen LogP contribution in [0.3, 0.4) is 0 Å². The Bertz CT molecular complexity index is 582. The van der Waals surface area contributed by atoms with Crippen LogP contribution in [0.15, 0.2) is 24.3 Å². The first kappa shape index (κ1) is 19.6. The maximum atomic E-state index is 12.4. The lowest BCUT2D eigenvalue weighted by atomic mass is 9.91. The SMILES string of the molecule is COCCCNC(=O)C(C)(C)C(=O)Nc1ccc(NC(C)=O)cc1. The normalized spacial score (nSPS) is 10.8. The van der Waals surface area contributed by atoms with Crippen LogP contribution < -0.4 is 16.0 Å². The highest BCUT2D eigenvalue weighted by Gasteiger charge is 2.35. The Morgan fingerprint density at radius 1 is 1.00 bits per heavy atom. The second kappa shape index (κ2) is 9.02. The number of amides is 3. The van der Waals surface area contributed by atoms with E-state index in [9.17, 15) is 14.4 Å². The quantitative estimate of drug-likeness (QED) is 0.498. The molecule has 7 nitrogen and oxygen atoms in total. The van der Waals surface area contributed by atoms with Crippen LogP contribution in [0, 0.1) is 5.41 Å². The van der Waals surface area contributed by atoms with E-state index in [4.69, 9.17) is 4.74 Å². The fourth-order valence-corrected chi connectivity index (χ4v) is 1.87. The van der Waals surface area contributed by atoms with Crippen LogP contribution in [-0.4, -0.2) is 38.0 Å². The molecule has 24 heavy (non-hydrogen) atoms. The van der Waals surface area contributed by atoms with Crippen LogP contribution in [0.4, 0.5) is 11.4 Å². The fraction of sp³-hybridized carbons (Fsp3) is 0.471. The standard InChI is InChI=1S/C17H25N3O4/c1-12(21)19-13-6-8-14(9-7-13)20-16(23)17(2,3)15(22)18-10-5-11-24-4/h6-9H,5,10-11H2,1-4H3,(H,18,22)(H,19,21)(H,20,23). The van der Waals surface area contributed by atoms with Gasteiger partial charge in [0, 0.05) is 38.6 Å². The molecule has 0 saturated heterocycles. The van der Waals surface area contributed by atoms with Crippen molar-refractivity contribution in [1.82, 2.24) is 5.32 Å². The Morgan fingerprint density at radius 3 is 2.04 bits per heavy atom. The molecule has 0 aliphatic heterocycles. The largest absolute Gasteiger partial charge is 0.385 e. The molecule has 3 N–H and O–H groups in total. The maximum Gasteiger partial charge on any atom is 0.239 e. The van der Waals surface area contributed by atoms with E-state index in [1.165, 1.54) is 6.92 Å². The molecule has 1 rings (SSSR count). The van der Waals surface area contributed by atoms with E-state index >= 15 is 0 Å². The summed E-state index contributed by atoms with van der Waals surface area (Å²) >= 11 is 0. The van der Waals surface area contributed by atoms with Gasteiger partial charge in [-0.2, -0.15) is 0 Å². The third kappa shape index (κ3) is 6.00. The summed E-state index contributed by atoms with van der Waals surface area (Å²) in [6, 6.07) is 6.68. The Morgan fingerprint density at radius 2 is 1.54 bits per heavy atom. The summed E-state index contributed by atoms with van der Waals surface area (Å²) in [5.74, 6) is -0.914. The smallest absolute Gasteiger partial charge is 0.239 e. The van der Waals surface area contributed by atoms with Crippen molar-refractivity contribution < 1.29 is 19.1 Å². The number of ether oxygens (including phenoxy) is 1. The Balaban J connectivity index is 2.61. The minimum atomic E-state index is -1.20. The number of carbonyl (C=O) groups is 3. The number of rotatable bonds is 8. The zero-order chi connectivity index (χ0) is 18.2. The van der Waals surface area contributed by atoms with Crippen LogP contribution in [0.5, 0.6) is 0 Å². The number of nitrogens with one attached hydrogen (secondary N) is 3. The highest BCUT2D eigenvalue weighted by molar-refractivity contribution is 6.09. The lowest BCUT2D eigenvalue weighted by molar-refractivity contribution is -0.138. The molecule has 1 aromatic carbocycles. The van der Waals surface area contributed by atoms with Crippen LogP contribution in [0.1, 0.15) is 27.2 Å². The van der Waals surface area contributed by atoms with Crippen molar-refractivity contribution in [3.63, 3.8) is 0 Å². The maximum absolute atomic E-state index is 12.4. The highest BCUT2D eigenvalue weighted by atomic mass is 16.5. The molecular weight excluding hydrogens is 310 g/mol. The first-order valence-electron chi connectivity index (χ1n) is 7.73. The van der Waals surface area contributed by atoms with E-state index in [0.717, 1.165) is 0 Å². The first-order chi connectivity index (χ1) is 11.3. The molecule has 0 saturated carbocycles. The topological polar surface area (TPSA) is 96.5 Å². The van der Waals surface area contributed by atoms with E-state index in [1.54, 1.807) is 45.2 Å². The zero-order valence-corrected chi connectivity index (χ0v) is 14.6. The Kier molecular flexibility index (Phi) is 7.38. The minimum absolute atomic E-state index is 0.168. The molecule has 0 radical (unpaired) electrons. The van der Waals surface area contributed by atoms with Gasteiger partial charge in [0.25, 0.3) is 0 Å². The predicted molar refractivity (Wildman–Crippen MR) is 92.7 cm³/mol. The number of benzene rings is 1. The van der Waals surface area contributed by atoms with Crippen molar-refractivity contribution in [3.05, 3.63) is 24.3 Å². The molecule has 3 amide bonds. The van der Waals surface area contributed by atoms with Gasteiger partial charge in [0.15, 0.2) is 0 Å². The van der Waals surface area contributed by atoms with Gasteiger partial charge in [0.1, 0.15) is 5.41 Å². The van der Waals surface area contributed by atoms with E-state index in [-0.39, 0.29) is 11.8 Å². The number of anilines is 2. The molecule has 7 heteroatoms. The summed E-state index contributed by atoms with van der Waals surface area (Å²) in [5.41, 5.74) is -0.0198. The van der Waals surface area contributed by atoms with Crippen LogP contribution in [-0.2, 0) is 19.1 Å². The van der Waals surface area contributed by atoms with Gasteiger partial charge in [-0.3, -0.25) is 14.4 Å². The van der Waals surface area contributed by atoms with Gasteiger partial charge in [-0.15, -0.1) is 0 Å². The number of hydrogen-bond donors (Lipinski definition) is 3. The summed E-state index contributed by atoms with van der Waals surface area (Å²) < 4.78 is 4.91. The summed E-state index contributed by atoms with van der Waals surface area (Å²) in [6.07, 6.45) is 0.685. The van der Waals surface area contributed by atoms with Gasteiger partial charge < -0.3 is 20.7 Å². The molecule has 0 aliphatic rings. The van der Waals surface area contributed by atoms with Crippen molar-refractivity contribution in [1.29, 1.82) is 0 Å². The molecule has 1 aromatic rings. The second-order valence-electron chi connectivity index (χ2n) is 5.94. The van der Waals surface area contributed by atoms with Crippen LogP contribution in [0.2, 0.25) is 0 Å². The average Bonchev–Trinajstić information content (AvgIpc) is 2.52. The van der Waals surface area contributed by atoms with Gasteiger partial charge in [-0.25, -0.2) is 0 Å². The van der Waals surface area contributed by atoms with E-state index in [0.29, 0.717) is 30.9 Å². The summed E-state index contributed by atoms with van der Waals surface area (Å²) in [6.45, 7) is 5.56. The van der Waals surface area contributed by atoms with E-state index in [2.05, 4.69) is 16.0 Å². The van der Waals surface area contributed by atoms with E-state index < -0.39 is 11.3 Å². The van der Waals surface area contributed by atoms with Crippen molar-refractivity contribution in [2.45, 2.75) is 27.2 Å². The number of hydrogen-bond acceptors (Lipinski definition) is 4. The third-order valence-electron chi connectivity index (χ3n) is 3.41. The third-order valence-corrected chi connectivity index (χ3v) is 3.41. The lowest BCUT2D eigenvalue weighted by Crippen LogP contribution is -2.45. The van der Waals surface area contributed by atoms with Crippen molar-refractivity contribution in [3.8, 4) is 0 Å². The van der Waals surface area contributed by atoms with Crippen molar-refractivity contribution in [2.75, 3.05) is 30.9 Å². The molecular formula is C17H25N3O4. The summed E-state index contributed by atoms with van der Waals surface area (Å²) in [4.78, 5) is 35.5. The number of methoxy groups -OCH3 is 1. The minimum Gasteiger partial charge on any atom is -0.385 e. The lowest BCUT2D eigenvalue weighted by Gasteiger charge is -2.22. The van der Waals surface area contributed by atoms with E-state index in [1.807, 2.05) is 0 Å². The predicted octanol–water partition coefficient (Wildman–Crippen LogP) is 1.76. The second-order valence-corrected chi connectivity index (χ2v) is 5.94. The molecule has 132 valence electrons. The molecule has 0 unspecified atom stereocenters. The molecule has 0 bridgehead atoms. The summed E-state index contributed by atoms with van der Waals surface area (Å²) in [7, 11) is 1.59. The van der Waals surface area contributed by atoms with Gasteiger partial charge in [0.2, 0.25) is 17.7 Å². The monoisotopic (exact) mass is 335 g/mol. The Labute approximate surface area is 142 Å². The number of carbonyl (C=O) groups excluding carboxylic acids is 3. The molecule has 0 heterocycles. The summed E-state index contributed by atoms with van der Waals surface area (Å²) in [5, 5.41) is 8.08. The fourth-order valence-electron chi connectivity index (χ4n) is 1.87. The molecule has 0 atom stereocenters. The van der Waals surface area contributed by atoms with Crippen molar-refractivity contribution >= 4 is 29.1 Å². The van der Waals surface area contributed by atoms with Gasteiger partial charge >= 0.3 is 0 Å².